The maximum Gasteiger partial charge on any atom is 0.435 e. The van der Waals surface area contributed by atoms with Crippen LogP contribution in [-0.2, 0) is 6.18 Å². The fourth-order valence-electron chi connectivity index (χ4n) is 1.73. The van der Waals surface area contributed by atoms with Crippen molar-refractivity contribution in [1.82, 2.24) is 15.1 Å². The van der Waals surface area contributed by atoms with Gasteiger partial charge in [0.25, 0.3) is 0 Å². The highest BCUT2D eigenvalue weighted by molar-refractivity contribution is 5.34. The molecule has 1 heterocycles. The summed E-state index contributed by atoms with van der Waals surface area (Å²) in [7, 11) is 0. The average molecular weight is 276 g/mol. The molecule has 108 valence electrons. The molecule has 0 saturated heterocycles. The lowest BCUT2D eigenvalue weighted by Crippen LogP contribution is -2.35. The molecule has 0 aliphatic rings. The number of alkyl halides is 3. The Labute approximate surface area is 111 Å². The molecule has 4 nitrogen and oxygen atoms in total. The van der Waals surface area contributed by atoms with Gasteiger partial charge >= 0.3 is 6.18 Å². The Morgan fingerprint density at radius 3 is 2.26 bits per heavy atom. The molecule has 19 heavy (non-hydrogen) atoms. The van der Waals surface area contributed by atoms with Crippen LogP contribution >= 0.6 is 0 Å². The second kappa shape index (κ2) is 6.70. The van der Waals surface area contributed by atoms with Gasteiger partial charge < -0.3 is 10.2 Å². The summed E-state index contributed by atoms with van der Waals surface area (Å²) in [6, 6.07) is 2.32. The summed E-state index contributed by atoms with van der Waals surface area (Å²) in [5, 5.41) is 9.75. The molecule has 1 rings (SSSR count). The summed E-state index contributed by atoms with van der Waals surface area (Å²) < 4.78 is 36.9. The van der Waals surface area contributed by atoms with E-state index in [4.69, 9.17) is 0 Å². The number of anilines is 1. The number of hydrogen-bond acceptors (Lipinski definition) is 4. The lowest BCUT2D eigenvalue weighted by Gasteiger charge is -2.23. The van der Waals surface area contributed by atoms with Crippen molar-refractivity contribution >= 4 is 5.82 Å². The molecular formula is C12H19F3N4. The van der Waals surface area contributed by atoms with Gasteiger partial charge in [0.2, 0.25) is 0 Å². The lowest BCUT2D eigenvalue weighted by atomic mass is 10.3. The van der Waals surface area contributed by atoms with E-state index in [2.05, 4.69) is 34.3 Å². The minimum absolute atomic E-state index is 0.0888. The smallest absolute Gasteiger partial charge is 0.365 e. The van der Waals surface area contributed by atoms with Crippen LogP contribution in [0.3, 0.4) is 0 Å². The zero-order valence-corrected chi connectivity index (χ0v) is 11.3. The topological polar surface area (TPSA) is 41.0 Å². The number of nitrogens with one attached hydrogen (secondary N) is 1. The third-order valence-electron chi connectivity index (χ3n) is 2.78. The second-order valence-electron chi connectivity index (χ2n) is 4.33. The summed E-state index contributed by atoms with van der Waals surface area (Å²) >= 11 is 0. The fourth-order valence-corrected chi connectivity index (χ4v) is 1.73. The van der Waals surface area contributed by atoms with Gasteiger partial charge in [-0.1, -0.05) is 13.8 Å². The Balaban J connectivity index is 2.58. The van der Waals surface area contributed by atoms with Gasteiger partial charge in [-0.25, -0.2) is 0 Å². The van der Waals surface area contributed by atoms with Crippen molar-refractivity contribution < 1.29 is 13.2 Å². The molecule has 0 saturated carbocycles. The molecule has 0 aliphatic heterocycles. The Morgan fingerprint density at radius 2 is 1.84 bits per heavy atom. The minimum Gasteiger partial charge on any atom is -0.365 e. The summed E-state index contributed by atoms with van der Waals surface area (Å²) in [5.41, 5.74) is -0.977. The van der Waals surface area contributed by atoms with E-state index in [0.717, 1.165) is 25.7 Å². The molecule has 0 fully saturated rings. The van der Waals surface area contributed by atoms with E-state index < -0.39 is 11.9 Å². The number of rotatable bonds is 6. The summed E-state index contributed by atoms with van der Waals surface area (Å²) in [4.78, 5) is 2.22. The SMILES string of the molecule is CCN(CC)CC(C)Nc1ccc(C(F)(F)F)nn1. The molecule has 1 unspecified atom stereocenters. The quantitative estimate of drug-likeness (QED) is 0.867. The van der Waals surface area contributed by atoms with E-state index in [9.17, 15) is 13.2 Å². The molecular weight excluding hydrogens is 257 g/mol. The van der Waals surface area contributed by atoms with Crippen LogP contribution in [0.5, 0.6) is 0 Å². The lowest BCUT2D eigenvalue weighted by molar-refractivity contribution is -0.141. The highest BCUT2D eigenvalue weighted by Crippen LogP contribution is 2.27. The van der Waals surface area contributed by atoms with E-state index in [1.807, 2.05) is 6.92 Å². The summed E-state index contributed by atoms with van der Waals surface area (Å²) in [6.45, 7) is 8.75. The number of halogens is 3. The Kier molecular flexibility index (Phi) is 5.53. The van der Waals surface area contributed by atoms with E-state index in [1.54, 1.807) is 0 Å². The van der Waals surface area contributed by atoms with E-state index in [1.165, 1.54) is 6.07 Å². The zero-order chi connectivity index (χ0) is 14.5. The van der Waals surface area contributed by atoms with Gasteiger partial charge in [-0.15, -0.1) is 10.2 Å². The van der Waals surface area contributed by atoms with Crippen LogP contribution in [0, 0.1) is 0 Å². The first-order valence-corrected chi connectivity index (χ1v) is 6.26. The van der Waals surface area contributed by atoms with Crippen LogP contribution in [0.15, 0.2) is 12.1 Å². The first kappa shape index (κ1) is 15.7. The van der Waals surface area contributed by atoms with Gasteiger partial charge in [0.15, 0.2) is 5.69 Å². The molecule has 0 aromatic carbocycles. The van der Waals surface area contributed by atoms with Crippen LogP contribution < -0.4 is 5.32 Å². The molecule has 0 amide bonds. The predicted molar refractivity (Wildman–Crippen MR) is 67.9 cm³/mol. The monoisotopic (exact) mass is 276 g/mol. The Morgan fingerprint density at radius 1 is 1.21 bits per heavy atom. The summed E-state index contributed by atoms with van der Waals surface area (Å²) in [6.07, 6.45) is -4.45. The van der Waals surface area contributed by atoms with Crippen LogP contribution in [0.2, 0.25) is 0 Å². The molecule has 1 N–H and O–H groups in total. The molecule has 1 aromatic rings. The zero-order valence-electron chi connectivity index (χ0n) is 11.3. The number of likely N-dealkylation sites (N-methyl/N-ethyl adjacent to an activating group) is 1. The van der Waals surface area contributed by atoms with Gasteiger partial charge in [0, 0.05) is 12.6 Å². The van der Waals surface area contributed by atoms with E-state index in [0.29, 0.717) is 5.82 Å². The van der Waals surface area contributed by atoms with Crippen LogP contribution in [-0.4, -0.2) is 40.8 Å². The average Bonchev–Trinajstić information content (AvgIpc) is 2.35. The standard InChI is InChI=1S/C12H19F3N4/c1-4-19(5-2)8-9(3)16-11-7-6-10(17-18-11)12(13,14)15/h6-7,9H,4-5,8H2,1-3H3,(H,16,18). The summed E-state index contributed by atoms with van der Waals surface area (Å²) in [5.74, 6) is 0.354. The molecule has 1 aromatic heterocycles. The number of hydrogen-bond donors (Lipinski definition) is 1. The Hall–Kier alpha value is -1.37. The molecule has 0 aliphatic carbocycles. The van der Waals surface area contributed by atoms with E-state index >= 15 is 0 Å². The van der Waals surface area contributed by atoms with Crippen molar-refractivity contribution in [3.8, 4) is 0 Å². The van der Waals surface area contributed by atoms with Gasteiger partial charge in [0.05, 0.1) is 0 Å². The Bertz CT molecular complexity index is 374. The maximum atomic E-state index is 12.3. The highest BCUT2D eigenvalue weighted by Gasteiger charge is 2.32. The highest BCUT2D eigenvalue weighted by atomic mass is 19.4. The van der Waals surface area contributed by atoms with Gasteiger partial charge in [-0.05, 0) is 32.1 Å². The first-order valence-electron chi connectivity index (χ1n) is 6.26. The largest absolute Gasteiger partial charge is 0.435 e. The van der Waals surface area contributed by atoms with Gasteiger partial charge in [-0.3, -0.25) is 0 Å². The number of nitrogens with zero attached hydrogens (tertiary/aromatic N) is 3. The van der Waals surface area contributed by atoms with Gasteiger partial charge in [0.1, 0.15) is 5.82 Å². The minimum atomic E-state index is -4.45. The van der Waals surface area contributed by atoms with Gasteiger partial charge in [-0.2, -0.15) is 13.2 Å². The van der Waals surface area contributed by atoms with Crippen LogP contribution in [0.25, 0.3) is 0 Å². The molecule has 0 bridgehead atoms. The third kappa shape index (κ3) is 5.02. The normalized spacial score (nSPS) is 13.6. The molecule has 1 atom stereocenters. The van der Waals surface area contributed by atoms with Crippen molar-refractivity contribution in [2.75, 3.05) is 25.0 Å². The van der Waals surface area contributed by atoms with Crippen molar-refractivity contribution in [3.05, 3.63) is 17.8 Å². The maximum absolute atomic E-state index is 12.3. The molecule has 0 radical (unpaired) electrons. The van der Waals surface area contributed by atoms with Crippen molar-refractivity contribution in [2.24, 2.45) is 0 Å². The molecule has 7 heteroatoms. The van der Waals surface area contributed by atoms with E-state index in [-0.39, 0.29) is 6.04 Å². The number of aromatic nitrogens is 2. The second-order valence-corrected chi connectivity index (χ2v) is 4.33. The van der Waals surface area contributed by atoms with Crippen molar-refractivity contribution in [2.45, 2.75) is 33.0 Å². The third-order valence-corrected chi connectivity index (χ3v) is 2.78. The predicted octanol–water partition coefficient (Wildman–Crippen LogP) is 2.64. The fraction of sp³-hybridized carbons (Fsp3) is 0.667. The van der Waals surface area contributed by atoms with Crippen molar-refractivity contribution in [3.63, 3.8) is 0 Å². The van der Waals surface area contributed by atoms with Crippen molar-refractivity contribution in [1.29, 1.82) is 0 Å². The molecule has 0 spiro atoms. The van der Waals surface area contributed by atoms with Crippen LogP contribution in [0.1, 0.15) is 26.5 Å². The first-order chi connectivity index (χ1) is 8.86. The van der Waals surface area contributed by atoms with Crippen LogP contribution in [0.4, 0.5) is 19.0 Å².